The summed E-state index contributed by atoms with van der Waals surface area (Å²) in [6, 6.07) is 13.0. The Morgan fingerprint density at radius 1 is 1.17 bits per heavy atom. The highest BCUT2D eigenvalue weighted by molar-refractivity contribution is 6.30. The Bertz CT molecular complexity index is 554. The van der Waals surface area contributed by atoms with E-state index in [1.54, 1.807) is 12.1 Å². The van der Waals surface area contributed by atoms with Crippen LogP contribution in [0.4, 0.5) is 10.1 Å². The fourth-order valence-corrected chi connectivity index (χ4v) is 2.10. The number of rotatable bonds is 3. The molecule has 0 aliphatic rings. The zero-order valence-electron chi connectivity index (χ0n) is 10.4. The van der Waals surface area contributed by atoms with Crippen LogP contribution in [0.3, 0.4) is 0 Å². The smallest absolute Gasteiger partial charge is 0.143 e. The molecule has 0 amide bonds. The first kappa shape index (κ1) is 12.9. The summed E-state index contributed by atoms with van der Waals surface area (Å²) >= 11 is 5.66. The Labute approximate surface area is 112 Å². The highest BCUT2D eigenvalue weighted by Crippen LogP contribution is 2.24. The molecule has 0 spiro atoms. The first-order valence-corrected chi connectivity index (χ1v) is 6.23. The van der Waals surface area contributed by atoms with Crippen LogP contribution in [0.5, 0.6) is 0 Å². The summed E-state index contributed by atoms with van der Waals surface area (Å²) in [5.41, 5.74) is 3.15. The number of aryl methyl sites for hydroxylation is 1. The number of anilines is 1. The predicted octanol–water partition coefficient (Wildman–Crippen LogP) is 4.96. The third kappa shape index (κ3) is 2.82. The third-order valence-corrected chi connectivity index (χ3v) is 3.26. The summed E-state index contributed by atoms with van der Waals surface area (Å²) < 4.78 is 13.3. The van der Waals surface area contributed by atoms with E-state index < -0.39 is 5.82 Å². The number of benzene rings is 2. The van der Waals surface area contributed by atoms with Crippen LogP contribution in [0.2, 0.25) is 5.02 Å². The van der Waals surface area contributed by atoms with Crippen LogP contribution in [-0.2, 0) is 0 Å². The summed E-state index contributed by atoms with van der Waals surface area (Å²) in [4.78, 5) is 0. The van der Waals surface area contributed by atoms with Gasteiger partial charge >= 0.3 is 0 Å². The summed E-state index contributed by atoms with van der Waals surface area (Å²) in [5, 5.41) is 3.41. The number of nitrogens with one attached hydrogen (secondary N) is 1. The topological polar surface area (TPSA) is 12.0 Å². The van der Waals surface area contributed by atoms with Gasteiger partial charge in [-0.2, -0.15) is 0 Å². The van der Waals surface area contributed by atoms with Crippen molar-refractivity contribution in [3.8, 4) is 0 Å². The van der Waals surface area contributed by atoms with Gasteiger partial charge in [-0.15, -0.1) is 0 Å². The molecule has 2 aromatic rings. The Morgan fingerprint density at radius 2 is 1.89 bits per heavy atom. The lowest BCUT2D eigenvalue weighted by atomic mass is 10.0. The molecule has 0 aliphatic heterocycles. The Balaban J connectivity index is 2.19. The van der Waals surface area contributed by atoms with Crippen molar-refractivity contribution in [2.24, 2.45) is 0 Å². The highest BCUT2D eigenvalue weighted by atomic mass is 35.5. The lowest BCUT2D eigenvalue weighted by molar-refractivity contribution is 0.628. The molecule has 18 heavy (non-hydrogen) atoms. The Morgan fingerprint density at radius 3 is 2.56 bits per heavy atom. The standard InChI is InChI=1S/C15H15ClFN/c1-10-5-3-4-6-13(10)11(2)18-12-7-8-14(16)15(17)9-12/h3-9,11,18H,1-2H3. The van der Waals surface area contributed by atoms with E-state index in [9.17, 15) is 4.39 Å². The Kier molecular flexibility index (Phi) is 3.87. The van der Waals surface area contributed by atoms with Crippen molar-refractivity contribution in [1.82, 2.24) is 0 Å². The molecule has 0 heterocycles. The fourth-order valence-electron chi connectivity index (χ4n) is 1.99. The molecule has 3 heteroatoms. The average Bonchev–Trinajstić information content (AvgIpc) is 2.34. The van der Waals surface area contributed by atoms with Crippen molar-refractivity contribution in [1.29, 1.82) is 0 Å². The van der Waals surface area contributed by atoms with Gasteiger partial charge in [0.1, 0.15) is 5.82 Å². The van der Waals surface area contributed by atoms with E-state index in [4.69, 9.17) is 11.6 Å². The molecule has 1 unspecified atom stereocenters. The van der Waals surface area contributed by atoms with Crippen LogP contribution in [0.1, 0.15) is 24.1 Å². The van der Waals surface area contributed by atoms with Crippen molar-refractivity contribution in [2.45, 2.75) is 19.9 Å². The van der Waals surface area contributed by atoms with Gasteiger partial charge in [0.2, 0.25) is 0 Å². The van der Waals surface area contributed by atoms with E-state index >= 15 is 0 Å². The van der Waals surface area contributed by atoms with Crippen molar-refractivity contribution in [2.75, 3.05) is 5.32 Å². The predicted molar refractivity (Wildman–Crippen MR) is 74.6 cm³/mol. The SMILES string of the molecule is Cc1ccccc1C(C)Nc1ccc(Cl)c(F)c1. The molecule has 1 atom stereocenters. The van der Waals surface area contributed by atoms with Crippen molar-refractivity contribution >= 4 is 17.3 Å². The minimum absolute atomic E-state index is 0.117. The second-order valence-electron chi connectivity index (χ2n) is 4.35. The minimum Gasteiger partial charge on any atom is -0.378 e. The van der Waals surface area contributed by atoms with Crippen LogP contribution in [0.25, 0.3) is 0 Å². The maximum Gasteiger partial charge on any atom is 0.143 e. The summed E-state index contributed by atoms with van der Waals surface area (Å²) in [7, 11) is 0. The molecule has 0 saturated heterocycles. The fraction of sp³-hybridized carbons (Fsp3) is 0.200. The third-order valence-electron chi connectivity index (χ3n) is 2.96. The molecule has 0 saturated carbocycles. The molecule has 0 bridgehead atoms. The molecule has 2 aromatic carbocycles. The van der Waals surface area contributed by atoms with E-state index in [0.29, 0.717) is 0 Å². The quantitative estimate of drug-likeness (QED) is 0.825. The van der Waals surface area contributed by atoms with Gasteiger partial charge in [-0.25, -0.2) is 4.39 Å². The highest BCUT2D eigenvalue weighted by Gasteiger charge is 2.08. The van der Waals surface area contributed by atoms with E-state index in [-0.39, 0.29) is 11.1 Å². The van der Waals surface area contributed by atoms with Gasteiger partial charge in [-0.3, -0.25) is 0 Å². The molecular weight excluding hydrogens is 249 g/mol. The number of hydrogen-bond acceptors (Lipinski definition) is 1. The lowest BCUT2D eigenvalue weighted by Crippen LogP contribution is -2.08. The molecule has 0 aromatic heterocycles. The van der Waals surface area contributed by atoms with E-state index in [2.05, 4.69) is 31.3 Å². The van der Waals surface area contributed by atoms with Crippen LogP contribution >= 0.6 is 11.6 Å². The first-order chi connectivity index (χ1) is 8.58. The molecule has 2 rings (SSSR count). The van der Waals surface area contributed by atoms with E-state index in [1.165, 1.54) is 17.2 Å². The molecule has 0 fully saturated rings. The number of halogens is 2. The van der Waals surface area contributed by atoms with Crippen LogP contribution in [0.15, 0.2) is 42.5 Å². The summed E-state index contributed by atoms with van der Waals surface area (Å²) in [6.07, 6.45) is 0. The maximum absolute atomic E-state index is 13.3. The summed E-state index contributed by atoms with van der Waals surface area (Å²) in [5.74, 6) is -0.404. The normalized spacial score (nSPS) is 12.2. The van der Waals surface area contributed by atoms with Gasteiger partial charge in [0.25, 0.3) is 0 Å². The van der Waals surface area contributed by atoms with Gasteiger partial charge in [0.15, 0.2) is 0 Å². The maximum atomic E-state index is 13.3. The lowest BCUT2D eigenvalue weighted by Gasteiger charge is -2.18. The van der Waals surface area contributed by atoms with Gasteiger partial charge in [-0.1, -0.05) is 35.9 Å². The van der Waals surface area contributed by atoms with Crippen molar-refractivity contribution < 1.29 is 4.39 Å². The molecular formula is C15H15ClFN. The van der Waals surface area contributed by atoms with E-state index in [0.717, 1.165) is 5.69 Å². The first-order valence-electron chi connectivity index (χ1n) is 5.85. The number of hydrogen-bond donors (Lipinski definition) is 1. The van der Waals surface area contributed by atoms with Crippen LogP contribution in [-0.4, -0.2) is 0 Å². The molecule has 0 radical (unpaired) electrons. The molecule has 0 aliphatic carbocycles. The van der Waals surface area contributed by atoms with Crippen molar-refractivity contribution in [3.63, 3.8) is 0 Å². The Hall–Kier alpha value is -1.54. The van der Waals surface area contributed by atoms with Crippen molar-refractivity contribution in [3.05, 3.63) is 64.4 Å². The second-order valence-corrected chi connectivity index (χ2v) is 4.76. The summed E-state index contributed by atoms with van der Waals surface area (Å²) in [6.45, 7) is 4.12. The van der Waals surface area contributed by atoms with Crippen LogP contribution in [0, 0.1) is 12.7 Å². The minimum atomic E-state index is -0.404. The second kappa shape index (κ2) is 5.40. The zero-order valence-corrected chi connectivity index (χ0v) is 11.1. The van der Waals surface area contributed by atoms with Crippen LogP contribution < -0.4 is 5.32 Å². The van der Waals surface area contributed by atoms with Gasteiger partial charge in [-0.05, 0) is 43.2 Å². The largest absolute Gasteiger partial charge is 0.378 e. The van der Waals surface area contributed by atoms with Gasteiger partial charge in [0, 0.05) is 11.7 Å². The van der Waals surface area contributed by atoms with E-state index in [1.807, 2.05) is 12.1 Å². The average molecular weight is 264 g/mol. The zero-order chi connectivity index (χ0) is 13.1. The molecule has 94 valence electrons. The molecule has 1 nitrogen and oxygen atoms in total. The molecule has 1 N–H and O–H groups in total. The van der Waals surface area contributed by atoms with Gasteiger partial charge in [0.05, 0.1) is 5.02 Å². The van der Waals surface area contributed by atoms with Gasteiger partial charge < -0.3 is 5.32 Å². The monoisotopic (exact) mass is 263 g/mol.